The van der Waals surface area contributed by atoms with Crippen LogP contribution in [0.15, 0.2) is 24.3 Å². The van der Waals surface area contributed by atoms with Gasteiger partial charge in [-0.3, -0.25) is 9.59 Å². The Balaban J connectivity index is 1.53. The van der Waals surface area contributed by atoms with Crippen molar-refractivity contribution in [3.8, 4) is 0 Å². The van der Waals surface area contributed by atoms with Gasteiger partial charge >= 0.3 is 0 Å². The fourth-order valence-electron chi connectivity index (χ4n) is 2.95. The van der Waals surface area contributed by atoms with E-state index in [9.17, 15) is 9.59 Å². The Labute approximate surface area is 137 Å². The molecule has 1 saturated carbocycles. The van der Waals surface area contributed by atoms with Crippen LogP contribution < -0.4 is 15.5 Å². The van der Waals surface area contributed by atoms with Crippen LogP contribution >= 0.6 is 0 Å². The van der Waals surface area contributed by atoms with Crippen molar-refractivity contribution in [1.82, 2.24) is 10.6 Å². The van der Waals surface area contributed by atoms with Crippen LogP contribution in [-0.2, 0) is 9.59 Å². The summed E-state index contributed by atoms with van der Waals surface area (Å²) in [6.45, 7) is 3.94. The second-order valence-corrected chi connectivity index (χ2v) is 6.66. The molecule has 2 N–H and O–H groups in total. The van der Waals surface area contributed by atoms with Crippen molar-refractivity contribution >= 4 is 17.5 Å². The molecule has 1 unspecified atom stereocenters. The Morgan fingerprint density at radius 1 is 1.22 bits per heavy atom. The van der Waals surface area contributed by atoms with Gasteiger partial charge in [0.2, 0.25) is 11.8 Å². The van der Waals surface area contributed by atoms with Gasteiger partial charge in [-0.1, -0.05) is 17.7 Å². The number of carbonyl (C=O) groups excluding carboxylic acids is 2. The summed E-state index contributed by atoms with van der Waals surface area (Å²) in [6.07, 6.45) is 4.15. The van der Waals surface area contributed by atoms with Gasteiger partial charge in [-0.05, 0) is 57.2 Å². The lowest BCUT2D eigenvalue weighted by Crippen LogP contribution is -2.53. The van der Waals surface area contributed by atoms with Crippen molar-refractivity contribution in [3.63, 3.8) is 0 Å². The normalized spacial score (nSPS) is 21.3. The molecule has 0 bridgehead atoms. The maximum atomic E-state index is 12.6. The lowest BCUT2D eigenvalue weighted by Gasteiger charge is -2.32. The highest BCUT2D eigenvalue weighted by Gasteiger charge is 2.30. The van der Waals surface area contributed by atoms with Gasteiger partial charge < -0.3 is 15.5 Å². The number of aryl methyl sites for hydroxylation is 1. The van der Waals surface area contributed by atoms with E-state index in [1.165, 1.54) is 18.4 Å². The summed E-state index contributed by atoms with van der Waals surface area (Å²) in [5, 5.41) is 6.04. The molecule has 0 spiro atoms. The Morgan fingerprint density at radius 2 is 1.96 bits per heavy atom. The molecule has 2 aliphatic rings. The monoisotopic (exact) mass is 315 g/mol. The molecule has 1 aromatic rings. The van der Waals surface area contributed by atoms with Crippen molar-refractivity contribution in [2.45, 2.75) is 38.6 Å². The third-order valence-electron chi connectivity index (χ3n) is 4.54. The molecule has 2 amide bonds. The standard InChI is InChI=1S/C18H25N3O2/c1-13-4-8-15(9-5-13)21-10-2-3-16(18(21)23)20-17(22)12-19-11-14-6-7-14/h4-5,8-9,14,16,19H,2-3,6-7,10-12H2,1H3,(H,20,22). The highest BCUT2D eigenvalue weighted by Crippen LogP contribution is 2.27. The fraction of sp³-hybridized carbons (Fsp3) is 0.556. The van der Waals surface area contributed by atoms with Crippen molar-refractivity contribution in [1.29, 1.82) is 0 Å². The first kappa shape index (κ1) is 16.0. The molecular formula is C18H25N3O2. The zero-order chi connectivity index (χ0) is 16.2. The number of anilines is 1. The summed E-state index contributed by atoms with van der Waals surface area (Å²) in [4.78, 5) is 26.4. The molecule has 0 radical (unpaired) electrons. The molecule has 3 rings (SSSR count). The Kier molecular flexibility index (Phi) is 4.96. The zero-order valence-electron chi connectivity index (χ0n) is 13.7. The first-order chi connectivity index (χ1) is 11.1. The Bertz CT molecular complexity index is 566. The van der Waals surface area contributed by atoms with Crippen LogP contribution in [0.4, 0.5) is 5.69 Å². The SMILES string of the molecule is Cc1ccc(N2CCCC(NC(=O)CNCC3CC3)C2=O)cc1. The number of nitrogens with one attached hydrogen (secondary N) is 2. The lowest BCUT2D eigenvalue weighted by atomic mass is 10.0. The van der Waals surface area contributed by atoms with E-state index in [2.05, 4.69) is 10.6 Å². The second kappa shape index (κ2) is 7.13. The van der Waals surface area contributed by atoms with Crippen LogP contribution in [0.3, 0.4) is 0 Å². The van der Waals surface area contributed by atoms with E-state index in [1.807, 2.05) is 31.2 Å². The smallest absolute Gasteiger partial charge is 0.249 e. The number of hydrogen-bond acceptors (Lipinski definition) is 3. The van der Waals surface area contributed by atoms with Crippen LogP contribution in [0.1, 0.15) is 31.2 Å². The molecule has 1 aliphatic carbocycles. The third-order valence-corrected chi connectivity index (χ3v) is 4.54. The molecule has 1 heterocycles. The summed E-state index contributed by atoms with van der Waals surface area (Å²) >= 11 is 0. The highest BCUT2D eigenvalue weighted by atomic mass is 16.2. The number of hydrogen-bond donors (Lipinski definition) is 2. The highest BCUT2D eigenvalue weighted by molar-refractivity contribution is 6.00. The molecule has 0 aromatic heterocycles. The third kappa shape index (κ3) is 4.32. The second-order valence-electron chi connectivity index (χ2n) is 6.66. The molecule has 124 valence electrons. The van der Waals surface area contributed by atoms with E-state index in [0.29, 0.717) is 13.1 Å². The maximum absolute atomic E-state index is 12.6. The van der Waals surface area contributed by atoms with E-state index in [0.717, 1.165) is 31.0 Å². The molecule has 1 saturated heterocycles. The van der Waals surface area contributed by atoms with E-state index in [1.54, 1.807) is 4.90 Å². The van der Waals surface area contributed by atoms with Crippen LogP contribution in [0.2, 0.25) is 0 Å². The average Bonchev–Trinajstić information content (AvgIpc) is 3.35. The van der Waals surface area contributed by atoms with Crippen molar-refractivity contribution in [3.05, 3.63) is 29.8 Å². The summed E-state index contributed by atoms with van der Waals surface area (Å²) < 4.78 is 0. The summed E-state index contributed by atoms with van der Waals surface area (Å²) in [5.41, 5.74) is 2.08. The lowest BCUT2D eigenvalue weighted by molar-refractivity contribution is -0.128. The van der Waals surface area contributed by atoms with Gasteiger partial charge in [-0.2, -0.15) is 0 Å². The molecule has 1 aliphatic heterocycles. The molecule has 1 aromatic carbocycles. The predicted octanol–water partition coefficient (Wildman–Crippen LogP) is 1.61. The van der Waals surface area contributed by atoms with Crippen molar-refractivity contribution in [2.75, 3.05) is 24.5 Å². The summed E-state index contributed by atoms with van der Waals surface area (Å²) in [6, 6.07) is 7.54. The maximum Gasteiger partial charge on any atom is 0.249 e. The zero-order valence-corrected chi connectivity index (χ0v) is 13.7. The quantitative estimate of drug-likeness (QED) is 0.838. The Morgan fingerprint density at radius 3 is 2.65 bits per heavy atom. The predicted molar refractivity (Wildman–Crippen MR) is 90.3 cm³/mol. The fourth-order valence-corrected chi connectivity index (χ4v) is 2.95. The molecule has 1 atom stereocenters. The number of benzene rings is 1. The molecule has 5 heteroatoms. The molecular weight excluding hydrogens is 290 g/mol. The molecule has 5 nitrogen and oxygen atoms in total. The van der Waals surface area contributed by atoms with Gasteiger partial charge in [-0.15, -0.1) is 0 Å². The Hall–Kier alpha value is -1.88. The average molecular weight is 315 g/mol. The van der Waals surface area contributed by atoms with Gasteiger partial charge in [0.15, 0.2) is 0 Å². The van der Waals surface area contributed by atoms with Gasteiger partial charge in [0.25, 0.3) is 0 Å². The topological polar surface area (TPSA) is 61.4 Å². The van der Waals surface area contributed by atoms with E-state index < -0.39 is 6.04 Å². The van der Waals surface area contributed by atoms with Gasteiger partial charge in [-0.25, -0.2) is 0 Å². The van der Waals surface area contributed by atoms with Gasteiger partial charge in [0, 0.05) is 12.2 Å². The van der Waals surface area contributed by atoms with E-state index in [4.69, 9.17) is 0 Å². The van der Waals surface area contributed by atoms with Crippen molar-refractivity contribution < 1.29 is 9.59 Å². The number of rotatable bonds is 6. The van der Waals surface area contributed by atoms with Gasteiger partial charge in [0.1, 0.15) is 6.04 Å². The largest absolute Gasteiger partial charge is 0.343 e. The number of piperidine rings is 1. The number of amides is 2. The van der Waals surface area contributed by atoms with Crippen molar-refractivity contribution in [2.24, 2.45) is 5.92 Å². The minimum absolute atomic E-state index is 0.00403. The molecule has 23 heavy (non-hydrogen) atoms. The van der Waals surface area contributed by atoms with E-state index >= 15 is 0 Å². The summed E-state index contributed by atoms with van der Waals surface area (Å²) in [5.74, 6) is 0.654. The van der Waals surface area contributed by atoms with Gasteiger partial charge in [0.05, 0.1) is 6.54 Å². The number of carbonyl (C=O) groups is 2. The first-order valence-corrected chi connectivity index (χ1v) is 8.51. The van der Waals surface area contributed by atoms with Crippen LogP contribution in [-0.4, -0.2) is 37.5 Å². The minimum atomic E-state index is -0.403. The van der Waals surface area contributed by atoms with Crippen LogP contribution in [0.25, 0.3) is 0 Å². The molecule has 2 fully saturated rings. The minimum Gasteiger partial charge on any atom is -0.343 e. The first-order valence-electron chi connectivity index (χ1n) is 8.51. The summed E-state index contributed by atoms with van der Waals surface area (Å²) in [7, 11) is 0. The van der Waals surface area contributed by atoms with Crippen LogP contribution in [0, 0.1) is 12.8 Å². The van der Waals surface area contributed by atoms with E-state index in [-0.39, 0.29) is 11.8 Å². The number of nitrogens with zero attached hydrogens (tertiary/aromatic N) is 1. The van der Waals surface area contributed by atoms with Crippen LogP contribution in [0.5, 0.6) is 0 Å².